The number of nitrogens with one attached hydrogen (secondary N) is 3. The van der Waals surface area contributed by atoms with Crippen molar-refractivity contribution >= 4 is 23.0 Å². The first-order chi connectivity index (χ1) is 17.3. The molecule has 36 heavy (non-hydrogen) atoms. The largest absolute Gasteiger partial charge is 0.496 e. The molecule has 3 aromatic rings. The predicted octanol–water partition coefficient (Wildman–Crippen LogP) is 1.45. The average molecular weight is 497 g/mol. The third-order valence-electron chi connectivity index (χ3n) is 6.83. The first kappa shape index (κ1) is 25.0. The van der Waals surface area contributed by atoms with Gasteiger partial charge in [0, 0.05) is 36.9 Å². The maximum Gasteiger partial charge on any atom is 0.329 e. The molecule has 5 rings (SSSR count). The Bertz CT molecular complexity index is 1400. The molecular formula is C25H28N4O7. The standard InChI is InChI=1S/C21H24N4O3.C4H4O4/c1-28-17-4-2-3-14-13(17)6-5-12-11-23-16(18(12)14)8-10-25-20(26)15-7-9-22-19(15)24-21(25)27;5-3(6)1-2-4(7)8/h2-4,7,9,12,16,18,22-23H,5-6,8,10-11H2,1H3,(H,24,27);1-2H,(H,5,6)(H,7,8)/b;2-1+/t12-,16?,18+;/m0./s1. The number of hydrogen-bond acceptors (Lipinski definition) is 6. The second kappa shape index (κ2) is 10.6. The molecule has 2 aromatic heterocycles. The van der Waals surface area contributed by atoms with Crippen LogP contribution in [-0.2, 0) is 22.6 Å². The van der Waals surface area contributed by atoms with E-state index in [1.165, 1.54) is 15.7 Å². The van der Waals surface area contributed by atoms with Crippen LogP contribution >= 0.6 is 0 Å². The van der Waals surface area contributed by atoms with Gasteiger partial charge in [0.15, 0.2) is 0 Å². The quantitative estimate of drug-likeness (QED) is 0.320. The van der Waals surface area contributed by atoms with Gasteiger partial charge in [-0.25, -0.2) is 14.4 Å². The van der Waals surface area contributed by atoms with Crippen molar-refractivity contribution < 1.29 is 24.5 Å². The smallest absolute Gasteiger partial charge is 0.329 e. The molecule has 5 N–H and O–H groups in total. The summed E-state index contributed by atoms with van der Waals surface area (Å²) in [6, 6.07) is 8.24. The van der Waals surface area contributed by atoms with Crippen molar-refractivity contribution in [2.24, 2.45) is 5.92 Å². The molecule has 0 saturated carbocycles. The molecule has 11 nitrogen and oxygen atoms in total. The van der Waals surface area contributed by atoms with Gasteiger partial charge >= 0.3 is 17.6 Å². The van der Waals surface area contributed by atoms with E-state index in [2.05, 4.69) is 27.4 Å². The van der Waals surface area contributed by atoms with Crippen LogP contribution in [0.4, 0.5) is 0 Å². The van der Waals surface area contributed by atoms with Gasteiger partial charge in [0.05, 0.1) is 12.5 Å². The molecule has 2 aliphatic rings. The molecular weight excluding hydrogens is 468 g/mol. The zero-order valence-electron chi connectivity index (χ0n) is 19.7. The van der Waals surface area contributed by atoms with E-state index < -0.39 is 11.9 Å². The fraction of sp³-hybridized carbons (Fsp3) is 0.360. The average Bonchev–Trinajstić information content (AvgIpc) is 3.50. The van der Waals surface area contributed by atoms with E-state index in [0.717, 1.165) is 31.6 Å². The predicted molar refractivity (Wildman–Crippen MR) is 132 cm³/mol. The lowest BCUT2D eigenvalue weighted by molar-refractivity contribution is -0.134. The van der Waals surface area contributed by atoms with Crippen molar-refractivity contribution in [1.82, 2.24) is 19.9 Å². The Hall–Kier alpha value is -4.12. The van der Waals surface area contributed by atoms with Crippen LogP contribution in [0, 0.1) is 5.92 Å². The summed E-state index contributed by atoms with van der Waals surface area (Å²) >= 11 is 0. The van der Waals surface area contributed by atoms with E-state index >= 15 is 0 Å². The number of aliphatic carboxylic acids is 2. The lowest BCUT2D eigenvalue weighted by Gasteiger charge is -2.32. The summed E-state index contributed by atoms with van der Waals surface area (Å²) in [6.45, 7) is 1.38. The number of fused-ring (bicyclic) bond motifs is 4. The number of ether oxygens (including phenoxy) is 1. The number of hydrogen-bond donors (Lipinski definition) is 5. The summed E-state index contributed by atoms with van der Waals surface area (Å²) in [5, 5.41) is 19.8. The highest BCUT2D eigenvalue weighted by Gasteiger charge is 2.40. The monoisotopic (exact) mass is 496 g/mol. The van der Waals surface area contributed by atoms with Crippen LogP contribution in [0.15, 0.2) is 52.2 Å². The van der Waals surface area contributed by atoms with Crippen LogP contribution < -0.4 is 21.3 Å². The number of rotatable bonds is 6. The Kier molecular flexibility index (Phi) is 7.39. The molecule has 3 heterocycles. The SMILES string of the molecule is COc1cccc2c1CC[C@H]1CNC(CCn3c(=O)[nH]c4[nH]ccc4c3=O)[C@@H]21.O=C(O)/C=C/C(=O)O. The molecule has 1 aliphatic carbocycles. The molecule has 1 fully saturated rings. The van der Waals surface area contributed by atoms with E-state index in [0.29, 0.717) is 41.6 Å². The molecule has 0 bridgehead atoms. The molecule has 1 aromatic carbocycles. The molecule has 11 heteroatoms. The van der Waals surface area contributed by atoms with Crippen LogP contribution in [-0.4, -0.2) is 56.4 Å². The first-order valence-electron chi connectivity index (χ1n) is 11.6. The fourth-order valence-electron chi connectivity index (χ4n) is 5.28. The molecule has 1 saturated heterocycles. The van der Waals surface area contributed by atoms with Crippen LogP contribution in [0.2, 0.25) is 0 Å². The maximum absolute atomic E-state index is 12.7. The molecule has 190 valence electrons. The van der Waals surface area contributed by atoms with Crippen LogP contribution in [0.25, 0.3) is 11.0 Å². The van der Waals surface area contributed by atoms with Crippen LogP contribution in [0.3, 0.4) is 0 Å². The number of aromatic nitrogens is 3. The number of carbonyl (C=O) groups is 2. The van der Waals surface area contributed by atoms with E-state index in [4.69, 9.17) is 14.9 Å². The summed E-state index contributed by atoms with van der Waals surface area (Å²) in [5.74, 6) is -0.566. The van der Waals surface area contributed by atoms with Gasteiger partial charge in [-0.3, -0.25) is 14.3 Å². The Morgan fingerprint density at radius 3 is 2.61 bits per heavy atom. The van der Waals surface area contributed by atoms with Crippen molar-refractivity contribution in [2.45, 2.75) is 37.8 Å². The minimum atomic E-state index is -1.26. The molecule has 3 atom stereocenters. The zero-order valence-corrected chi connectivity index (χ0v) is 19.7. The second-order valence-electron chi connectivity index (χ2n) is 8.82. The number of carboxylic acid groups (broad SMARTS) is 2. The highest BCUT2D eigenvalue weighted by Crippen LogP contribution is 2.45. The lowest BCUT2D eigenvalue weighted by atomic mass is 9.73. The van der Waals surface area contributed by atoms with Crippen molar-refractivity contribution in [3.8, 4) is 5.75 Å². The highest BCUT2D eigenvalue weighted by atomic mass is 16.5. The molecule has 0 spiro atoms. The minimum Gasteiger partial charge on any atom is -0.496 e. The Labute approximate surface area is 205 Å². The van der Waals surface area contributed by atoms with Crippen LogP contribution in [0.1, 0.15) is 29.9 Å². The van der Waals surface area contributed by atoms with Gasteiger partial charge in [-0.05, 0) is 55.0 Å². The second-order valence-corrected chi connectivity index (χ2v) is 8.82. The first-order valence-corrected chi connectivity index (χ1v) is 11.6. The summed E-state index contributed by atoms with van der Waals surface area (Å²) < 4.78 is 6.90. The minimum absolute atomic E-state index is 0.236. The number of carboxylic acids is 2. The summed E-state index contributed by atoms with van der Waals surface area (Å²) in [6.07, 6.45) is 5.69. The molecule has 0 amide bonds. The summed E-state index contributed by atoms with van der Waals surface area (Å²) in [4.78, 5) is 49.8. The zero-order chi connectivity index (χ0) is 25.8. The Balaban J connectivity index is 0.000000331. The van der Waals surface area contributed by atoms with Gasteiger partial charge in [-0.2, -0.15) is 0 Å². The lowest BCUT2D eigenvalue weighted by Crippen LogP contribution is -2.37. The van der Waals surface area contributed by atoms with Gasteiger partial charge in [0.1, 0.15) is 11.4 Å². The summed E-state index contributed by atoms with van der Waals surface area (Å²) in [7, 11) is 1.72. The Morgan fingerprint density at radius 1 is 1.17 bits per heavy atom. The third-order valence-corrected chi connectivity index (χ3v) is 6.83. The number of H-pyrrole nitrogens is 2. The van der Waals surface area contributed by atoms with E-state index in [-0.39, 0.29) is 17.3 Å². The molecule has 0 radical (unpaired) electrons. The van der Waals surface area contributed by atoms with Gasteiger partial charge < -0.3 is 25.3 Å². The van der Waals surface area contributed by atoms with Crippen molar-refractivity contribution in [3.63, 3.8) is 0 Å². The van der Waals surface area contributed by atoms with Crippen molar-refractivity contribution in [3.05, 3.63) is 74.6 Å². The normalized spacial score (nSPS) is 20.4. The maximum atomic E-state index is 12.7. The van der Waals surface area contributed by atoms with Gasteiger partial charge in [0.2, 0.25) is 0 Å². The Morgan fingerprint density at radius 2 is 1.92 bits per heavy atom. The van der Waals surface area contributed by atoms with Gasteiger partial charge in [-0.15, -0.1) is 0 Å². The fourth-order valence-corrected chi connectivity index (χ4v) is 5.28. The van der Waals surface area contributed by atoms with E-state index in [9.17, 15) is 19.2 Å². The van der Waals surface area contributed by atoms with Crippen molar-refractivity contribution in [2.75, 3.05) is 13.7 Å². The molecule has 1 aliphatic heterocycles. The highest BCUT2D eigenvalue weighted by molar-refractivity contribution is 5.89. The topological polar surface area (TPSA) is 167 Å². The third kappa shape index (κ3) is 5.10. The van der Waals surface area contributed by atoms with Gasteiger partial charge in [0.25, 0.3) is 5.56 Å². The van der Waals surface area contributed by atoms with Crippen LogP contribution in [0.5, 0.6) is 5.75 Å². The number of aromatic amines is 2. The van der Waals surface area contributed by atoms with Crippen molar-refractivity contribution in [1.29, 1.82) is 0 Å². The number of benzene rings is 1. The molecule has 1 unspecified atom stereocenters. The number of methoxy groups -OCH3 is 1. The van der Waals surface area contributed by atoms with E-state index in [1.54, 1.807) is 19.4 Å². The number of nitrogens with zero attached hydrogens (tertiary/aromatic N) is 1. The van der Waals surface area contributed by atoms with Gasteiger partial charge in [-0.1, -0.05) is 12.1 Å². The van der Waals surface area contributed by atoms with E-state index in [1.807, 2.05) is 6.07 Å². The summed E-state index contributed by atoms with van der Waals surface area (Å²) in [5.41, 5.74) is 2.55.